The summed E-state index contributed by atoms with van der Waals surface area (Å²) in [6, 6.07) is 7.98. The first-order valence-corrected chi connectivity index (χ1v) is 10.3. The molecular weight excluding hydrogens is 356 g/mol. The van der Waals surface area contributed by atoms with Crippen LogP contribution in [-0.4, -0.2) is 33.8 Å². The molecule has 0 radical (unpaired) electrons. The van der Waals surface area contributed by atoms with E-state index in [4.69, 9.17) is 9.97 Å². The average molecular weight is 376 g/mol. The zero-order valence-electron chi connectivity index (χ0n) is 15.0. The molecule has 0 aromatic carbocycles. The Kier molecular flexibility index (Phi) is 4.20. The summed E-state index contributed by atoms with van der Waals surface area (Å²) in [5.74, 6) is 1.76. The van der Waals surface area contributed by atoms with Crippen LogP contribution in [0.15, 0.2) is 42.0 Å². The lowest BCUT2D eigenvalue weighted by molar-refractivity contribution is 0.0994. The number of fused-ring (bicyclic) bond motifs is 1. The van der Waals surface area contributed by atoms with Crippen molar-refractivity contribution in [3.8, 4) is 11.3 Å². The summed E-state index contributed by atoms with van der Waals surface area (Å²) in [5.41, 5.74) is 3.97. The van der Waals surface area contributed by atoms with E-state index in [2.05, 4.69) is 15.3 Å². The van der Waals surface area contributed by atoms with Gasteiger partial charge in [0.25, 0.3) is 0 Å². The maximum absolute atomic E-state index is 11.8. The van der Waals surface area contributed by atoms with Crippen molar-refractivity contribution < 1.29 is 4.79 Å². The SMILES string of the molecule is O=C1CCc2nc(N3CCC(c4nc(-c5ccncc5)cs4)CC3)ccc21. The molecule has 0 N–H and O–H groups in total. The molecule has 6 heteroatoms. The van der Waals surface area contributed by atoms with Crippen LogP contribution in [-0.2, 0) is 6.42 Å². The fourth-order valence-electron chi connectivity index (χ4n) is 3.96. The van der Waals surface area contributed by atoms with E-state index < -0.39 is 0 Å². The van der Waals surface area contributed by atoms with Crippen LogP contribution in [0.5, 0.6) is 0 Å². The molecular formula is C21H20N4OS. The third-order valence-corrected chi connectivity index (χ3v) is 6.52. The molecule has 5 nitrogen and oxygen atoms in total. The molecule has 3 aromatic rings. The Balaban J connectivity index is 1.27. The largest absolute Gasteiger partial charge is 0.357 e. The van der Waals surface area contributed by atoms with Crippen LogP contribution < -0.4 is 4.90 Å². The molecule has 1 saturated heterocycles. The zero-order chi connectivity index (χ0) is 18.2. The summed E-state index contributed by atoms with van der Waals surface area (Å²) in [7, 11) is 0. The van der Waals surface area contributed by atoms with E-state index in [0.29, 0.717) is 12.3 Å². The highest BCUT2D eigenvalue weighted by Crippen LogP contribution is 2.34. The molecule has 136 valence electrons. The first-order chi connectivity index (χ1) is 13.3. The number of ketones is 1. The Bertz CT molecular complexity index is 977. The summed E-state index contributed by atoms with van der Waals surface area (Å²) < 4.78 is 0. The number of piperidine rings is 1. The van der Waals surface area contributed by atoms with Crippen molar-refractivity contribution >= 4 is 22.9 Å². The monoisotopic (exact) mass is 376 g/mol. The molecule has 0 amide bonds. The molecule has 0 bridgehead atoms. The number of aromatic nitrogens is 3. The van der Waals surface area contributed by atoms with Gasteiger partial charge in [0.2, 0.25) is 0 Å². The van der Waals surface area contributed by atoms with Gasteiger partial charge in [0.05, 0.1) is 16.4 Å². The third kappa shape index (κ3) is 3.14. The van der Waals surface area contributed by atoms with E-state index in [1.807, 2.05) is 36.7 Å². The van der Waals surface area contributed by atoms with Crippen molar-refractivity contribution in [3.63, 3.8) is 0 Å². The first-order valence-electron chi connectivity index (χ1n) is 9.42. The van der Waals surface area contributed by atoms with Crippen LogP contribution in [0.3, 0.4) is 0 Å². The number of carbonyl (C=O) groups excluding carboxylic acids is 1. The Hall–Kier alpha value is -2.60. The smallest absolute Gasteiger partial charge is 0.165 e. The Labute approximate surface area is 162 Å². The van der Waals surface area contributed by atoms with Crippen LogP contribution in [0.25, 0.3) is 11.3 Å². The molecule has 2 aliphatic rings. The average Bonchev–Trinajstić information content (AvgIpc) is 3.36. The van der Waals surface area contributed by atoms with Crippen LogP contribution >= 0.6 is 11.3 Å². The molecule has 4 heterocycles. The second kappa shape index (κ2) is 6.85. The predicted molar refractivity (Wildman–Crippen MR) is 106 cm³/mol. The van der Waals surface area contributed by atoms with Gasteiger partial charge in [-0.25, -0.2) is 9.97 Å². The number of hydrogen-bond acceptors (Lipinski definition) is 6. The molecule has 0 atom stereocenters. The number of anilines is 1. The molecule has 3 aromatic heterocycles. The van der Waals surface area contributed by atoms with Crippen LogP contribution in [0.1, 0.15) is 46.2 Å². The summed E-state index contributed by atoms with van der Waals surface area (Å²) in [4.78, 5) is 27.8. The molecule has 1 aliphatic heterocycles. The highest BCUT2D eigenvalue weighted by atomic mass is 32.1. The van der Waals surface area contributed by atoms with Crippen LogP contribution in [0.2, 0.25) is 0 Å². The number of thiazole rings is 1. The van der Waals surface area contributed by atoms with Crippen molar-refractivity contribution in [1.29, 1.82) is 0 Å². The van der Waals surface area contributed by atoms with Gasteiger partial charge in [-0.2, -0.15) is 0 Å². The molecule has 5 rings (SSSR count). The van der Waals surface area contributed by atoms with E-state index in [-0.39, 0.29) is 5.78 Å². The van der Waals surface area contributed by atoms with Gasteiger partial charge in [-0.15, -0.1) is 11.3 Å². The number of rotatable bonds is 3. The van der Waals surface area contributed by atoms with Gasteiger partial charge < -0.3 is 4.90 Å². The number of Topliss-reactive ketones (excluding diaryl/α,β-unsaturated/α-hetero) is 1. The van der Waals surface area contributed by atoms with E-state index >= 15 is 0 Å². The maximum Gasteiger partial charge on any atom is 0.165 e. The maximum atomic E-state index is 11.8. The molecule has 1 fully saturated rings. The Morgan fingerprint density at radius 3 is 2.63 bits per heavy atom. The Morgan fingerprint density at radius 1 is 1.00 bits per heavy atom. The van der Waals surface area contributed by atoms with E-state index in [1.165, 1.54) is 5.01 Å². The second-order valence-corrected chi connectivity index (χ2v) is 8.04. The lowest BCUT2D eigenvalue weighted by Crippen LogP contribution is -2.33. The standard InChI is InChI=1S/C21H20N4OS/c26-19-3-2-17-16(19)1-4-20(23-17)25-11-7-15(8-12-25)21-24-18(13-27-21)14-5-9-22-10-6-14/h1,4-6,9-10,13,15H,2-3,7-8,11-12H2. The number of aryl methyl sites for hydroxylation is 1. The van der Waals surface area contributed by atoms with E-state index in [9.17, 15) is 4.79 Å². The van der Waals surface area contributed by atoms with Gasteiger partial charge in [0, 0.05) is 54.3 Å². The summed E-state index contributed by atoms with van der Waals surface area (Å²) in [6.45, 7) is 1.96. The quantitative estimate of drug-likeness (QED) is 0.688. The number of hydrogen-bond donors (Lipinski definition) is 0. The topological polar surface area (TPSA) is 59.0 Å². The number of carbonyl (C=O) groups is 1. The molecule has 0 saturated carbocycles. The molecule has 0 spiro atoms. The van der Waals surface area contributed by atoms with Crippen LogP contribution in [0, 0.1) is 0 Å². The van der Waals surface area contributed by atoms with E-state index in [1.54, 1.807) is 11.3 Å². The molecule has 0 unspecified atom stereocenters. The van der Waals surface area contributed by atoms with Crippen LogP contribution in [0.4, 0.5) is 5.82 Å². The summed E-state index contributed by atoms with van der Waals surface area (Å²) >= 11 is 1.76. The number of pyridine rings is 2. The van der Waals surface area contributed by atoms with E-state index in [0.717, 1.165) is 60.7 Å². The third-order valence-electron chi connectivity index (χ3n) is 5.51. The normalized spacial score (nSPS) is 17.3. The minimum absolute atomic E-state index is 0.233. The fourth-order valence-corrected chi connectivity index (χ4v) is 4.96. The lowest BCUT2D eigenvalue weighted by Gasteiger charge is -2.32. The molecule has 27 heavy (non-hydrogen) atoms. The van der Waals surface area contributed by atoms with Crippen molar-refractivity contribution in [3.05, 3.63) is 58.3 Å². The second-order valence-electron chi connectivity index (χ2n) is 7.16. The predicted octanol–water partition coefficient (Wildman–Crippen LogP) is 4.11. The fraction of sp³-hybridized carbons (Fsp3) is 0.333. The highest BCUT2D eigenvalue weighted by Gasteiger charge is 2.26. The van der Waals surface area contributed by atoms with Crippen molar-refractivity contribution in [2.75, 3.05) is 18.0 Å². The van der Waals surface area contributed by atoms with Crippen molar-refractivity contribution in [2.24, 2.45) is 0 Å². The number of nitrogens with zero attached hydrogens (tertiary/aromatic N) is 4. The Morgan fingerprint density at radius 2 is 1.81 bits per heavy atom. The van der Waals surface area contributed by atoms with Gasteiger partial charge >= 0.3 is 0 Å². The van der Waals surface area contributed by atoms with Crippen molar-refractivity contribution in [2.45, 2.75) is 31.6 Å². The summed E-state index contributed by atoms with van der Waals surface area (Å²) in [6.07, 6.45) is 7.18. The van der Waals surface area contributed by atoms with Gasteiger partial charge in [0.1, 0.15) is 5.82 Å². The molecule has 1 aliphatic carbocycles. The minimum atomic E-state index is 0.233. The highest BCUT2D eigenvalue weighted by molar-refractivity contribution is 7.10. The lowest BCUT2D eigenvalue weighted by atomic mass is 9.97. The first kappa shape index (κ1) is 16.6. The van der Waals surface area contributed by atoms with Crippen molar-refractivity contribution in [1.82, 2.24) is 15.0 Å². The summed E-state index contributed by atoms with van der Waals surface area (Å²) in [5, 5.41) is 3.38. The minimum Gasteiger partial charge on any atom is -0.357 e. The van der Waals surface area contributed by atoms with Gasteiger partial charge in [0.15, 0.2) is 5.78 Å². The van der Waals surface area contributed by atoms with Gasteiger partial charge in [-0.1, -0.05) is 0 Å². The van der Waals surface area contributed by atoms with Gasteiger partial charge in [-0.05, 0) is 43.5 Å². The van der Waals surface area contributed by atoms with Gasteiger partial charge in [-0.3, -0.25) is 9.78 Å². The zero-order valence-corrected chi connectivity index (χ0v) is 15.8.